The fraction of sp³-hybridized carbons (Fsp3) is 0.200. The zero-order valence-corrected chi connectivity index (χ0v) is 15.6. The van der Waals surface area contributed by atoms with Crippen molar-refractivity contribution in [3.8, 4) is 0 Å². The van der Waals surface area contributed by atoms with Crippen LogP contribution in [0.5, 0.6) is 0 Å². The molecule has 0 heterocycles. The van der Waals surface area contributed by atoms with Gasteiger partial charge in [0.15, 0.2) is 0 Å². The van der Waals surface area contributed by atoms with Crippen LogP contribution in [0.15, 0.2) is 53.5 Å². The molecule has 0 aliphatic carbocycles. The minimum Gasteiger partial charge on any atom is -0.480 e. The molecular weight excluding hydrogens is 379 g/mol. The maximum Gasteiger partial charge on any atom is 0.323 e. The summed E-state index contributed by atoms with van der Waals surface area (Å²) >= 11 is 0. The first kappa shape index (κ1) is 21.7. The normalized spacial score (nSPS) is 13.4. The van der Waals surface area contributed by atoms with Crippen LogP contribution in [-0.4, -0.2) is 35.1 Å². The number of amidine groups is 1. The lowest BCUT2D eigenvalue weighted by atomic mass is 9.89. The minimum atomic E-state index is -1.32. The highest BCUT2D eigenvalue weighted by Gasteiger charge is 2.29. The summed E-state index contributed by atoms with van der Waals surface area (Å²) in [7, 11) is 0. The van der Waals surface area contributed by atoms with E-state index in [2.05, 4.69) is 15.8 Å². The van der Waals surface area contributed by atoms with E-state index in [0.29, 0.717) is 23.4 Å². The molecule has 0 spiro atoms. The van der Waals surface area contributed by atoms with Crippen LogP contribution in [0, 0.1) is 5.82 Å². The van der Waals surface area contributed by atoms with E-state index in [-0.39, 0.29) is 12.0 Å². The molecule has 0 saturated carbocycles. The van der Waals surface area contributed by atoms with Gasteiger partial charge in [0.05, 0.1) is 11.5 Å². The quantitative estimate of drug-likeness (QED) is 0.220. The number of nitrogens with zero attached hydrogens (tertiary/aromatic N) is 1. The molecule has 9 heteroatoms. The lowest BCUT2D eigenvalue weighted by Gasteiger charge is -2.24. The summed E-state index contributed by atoms with van der Waals surface area (Å²) in [5.41, 5.74) is 11.5. The number of carbonyl (C=O) groups excluding carboxylic acids is 2. The number of amides is 1. The minimum absolute atomic E-state index is 0.133. The highest BCUT2D eigenvalue weighted by atomic mass is 19.1. The molecule has 8 nitrogen and oxygen atoms in total. The highest BCUT2D eigenvalue weighted by Crippen LogP contribution is 2.23. The van der Waals surface area contributed by atoms with Crippen molar-refractivity contribution in [3.63, 3.8) is 0 Å². The predicted octanol–water partition coefficient (Wildman–Crippen LogP) is 1.89. The van der Waals surface area contributed by atoms with Crippen LogP contribution < -0.4 is 16.6 Å². The maximum absolute atomic E-state index is 13.2. The molecule has 0 saturated heterocycles. The van der Waals surface area contributed by atoms with E-state index < -0.39 is 29.7 Å². The van der Waals surface area contributed by atoms with Crippen molar-refractivity contribution in [2.75, 3.05) is 0 Å². The average molecular weight is 400 g/mol. The van der Waals surface area contributed by atoms with Gasteiger partial charge in [0.25, 0.3) is 5.91 Å². The zero-order chi connectivity index (χ0) is 21.4. The Hall–Kier alpha value is -3.59. The van der Waals surface area contributed by atoms with Crippen LogP contribution in [0.4, 0.5) is 10.1 Å². The van der Waals surface area contributed by atoms with Gasteiger partial charge in [0.2, 0.25) is 0 Å². The number of aliphatic carboxylic acids is 1. The largest absolute Gasteiger partial charge is 0.480 e. The Bertz CT molecular complexity index is 911. The molecule has 2 rings (SSSR count). The van der Waals surface area contributed by atoms with Gasteiger partial charge in [0.1, 0.15) is 18.1 Å². The summed E-state index contributed by atoms with van der Waals surface area (Å²) in [5, 5.41) is 9.58. The molecule has 0 fully saturated rings. The summed E-state index contributed by atoms with van der Waals surface area (Å²) in [6, 6.07) is 10.1. The maximum atomic E-state index is 13.2. The lowest BCUT2D eigenvalue weighted by Crippen LogP contribution is -2.51. The Kier molecular flexibility index (Phi) is 7.55. The first-order valence-corrected chi connectivity index (χ1v) is 8.70. The summed E-state index contributed by atoms with van der Waals surface area (Å²) in [6.45, 7) is 1.61. The van der Waals surface area contributed by atoms with Crippen molar-refractivity contribution < 1.29 is 23.9 Å². The van der Waals surface area contributed by atoms with Crippen molar-refractivity contribution in [3.05, 3.63) is 65.5 Å². The molecule has 0 aliphatic heterocycles. The molecule has 2 aromatic rings. The topological polar surface area (TPSA) is 134 Å². The fourth-order valence-corrected chi connectivity index (χ4v) is 2.75. The van der Waals surface area contributed by atoms with Gasteiger partial charge >= 0.3 is 5.97 Å². The number of halogens is 1. The Morgan fingerprint density at radius 3 is 2.52 bits per heavy atom. The molecule has 2 unspecified atom stereocenters. The van der Waals surface area contributed by atoms with Crippen molar-refractivity contribution in [2.45, 2.75) is 25.3 Å². The number of aliphatic imine (C=N–C) groups is 1. The number of aldehydes is 1. The van der Waals surface area contributed by atoms with Gasteiger partial charge in [-0.2, -0.15) is 0 Å². The standard InChI is InChI=1S/C20H21FN4O4/c1-12(22)23-16-4-2-3-14(11-16)19(27)25-24-18(20(28)29)17(9-10-26)13-5-7-15(21)8-6-13/h2-8,10-11,17-18,24H,9H2,1H3,(H2,22,23)(H,25,27)(H,28,29). The molecule has 0 radical (unpaired) electrons. The number of hydrogen-bond acceptors (Lipinski definition) is 5. The fourth-order valence-electron chi connectivity index (χ4n) is 2.75. The van der Waals surface area contributed by atoms with E-state index in [1.54, 1.807) is 19.1 Å². The summed E-state index contributed by atoms with van der Waals surface area (Å²) in [5.74, 6) is -2.85. The first-order chi connectivity index (χ1) is 13.8. The number of nitrogens with two attached hydrogens (primary N) is 1. The van der Waals surface area contributed by atoms with E-state index in [4.69, 9.17) is 5.73 Å². The Morgan fingerprint density at radius 2 is 1.93 bits per heavy atom. The molecule has 29 heavy (non-hydrogen) atoms. The molecule has 5 N–H and O–H groups in total. The predicted molar refractivity (Wildman–Crippen MR) is 105 cm³/mol. The smallest absolute Gasteiger partial charge is 0.323 e. The van der Waals surface area contributed by atoms with Crippen LogP contribution in [0.1, 0.15) is 35.2 Å². The van der Waals surface area contributed by atoms with E-state index in [1.165, 1.54) is 36.4 Å². The summed E-state index contributed by atoms with van der Waals surface area (Å²) < 4.78 is 13.2. The molecule has 1 amide bonds. The monoisotopic (exact) mass is 400 g/mol. The molecule has 2 atom stereocenters. The van der Waals surface area contributed by atoms with E-state index >= 15 is 0 Å². The van der Waals surface area contributed by atoms with Crippen LogP contribution in [-0.2, 0) is 9.59 Å². The van der Waals surface area contributed by atoms with E-state index in [0.717, 1.165) is 0 Å². The first-order valence-electron chi connectivity index (χ1n) is 8.70. The lowest BCUT2D eigenvalue weighted by molar-refractivity contribution is -0.140. The van der Waals surface area contributed by atoms with Gasteiger partial charge in [0, 0.05) is 17.9 Å². The highest BCUT2D eigenvalue weighted by molar-refractivity contribution is 5.95. The van der Waals surface area contributed by atoms with Gasteiger partial charge in [-0.25, -0.2) is 14.8 Å². The molecular formula is C20H21FN4O4. The number of carboxylic acid groups (broad SMARTS) is 1. The van der Waals surface area contributed by atoms with Gasteiger partial charge in [-0.15, -0.1) is 0 Å². The number of benzene rings is 2. The van der Waals surface area contributed by atoms with Crippen LogP contribution in [0.25, 0.3) is 0 Å². The summed E-state index contributed by atoms with van der Waals surface area (Å²) in [4.78, 5) is 39.3. The van der Waals surface area contributed by atoms with E-state index in [9.17, 15) is 23.9 Å². The van der Waals surface area contributed by atoms with E-state index in [1.807, 2.05) is 0 Å². The molecule has 0 aromatic heterocycles. The molecule has 0 bridgehead atoms. The second-order valence-corrected chi connectivity index (χ2v) is 6.28. The molecule has 0 aliphatic rings. The number of carbonyl (C=O) groups is 3. The zero-order valence-electron chi connectivity index (χ0n) is 15.6. The Morgan fingerprint density at radius 1 is 1.24 bits per heavy atom. The summed E-state index contributed by atoms with van der Waals surface area (Å²) in [6.07, 6.45) is 0.440. The average Bonchev–Trinajstić information content (AvgIpc) is 2.67. The van der Waals surface area contributed by atoms with Crippen LogP contribution in [0.3, 0.4) is 0 Å². The Balaban J connectivity index is 2.18. The SMILES string of the molecule is CC(N)=Nc1cccc(C(=O)NNC(C(=O)O)C(CC=O)c2ccc(F)cc2)c1. The van der Waals surface area contributed by atoms with Crippen molar-refractivity contribution in [1.82, 2.24) is 10.9 Å². The van der Waals surface area contributed by atoms with Gasteiger partial charge in [-0.1, -0.05) is 18.2 Å². The van der Waals surface area contributed by atoms with Crippen LogP contribution in [0.2, 0.25) is 0 Å². The molecule has 2 aromatic carbocycles. The van der Waals surface area contributed by atoms with Gasteiger partial charge < -0.3 is 15.6 Å². The number of hydrazine groups is 1. The van der Waals surface area contributed by atoms with Crippen molar-refractivity contribution in [2.24, 2.45) is 10.7 Å². The van der Waals surface area contributed by atoms with Crippen LogP contribution >= 0.6 is 0 Å². The third-order valence-corrected chi connectivity index (χ3v) is 4.07. The third kappa shape index (κ3) is 6.22. The van der Waals surface area contributed by atoms with Gasteiger partial charge in [-0.05, 0) is 42.8 Å². The number of nitrogens with one attached hydrogen (secondary N) is 2. The van der Waals surface area contributed by atoms with Crippen molar-refractivity contribution in [1.29, 1.82) is 0 Å². The third-order valence-electron chi connectivity index (χ3n) is 4.07. The number of hydrogen-bond donors (Lipinski definition) is 4. The second-order valence-electron chi connectivity index (χ2n) is 6.28. The Labute approximate surface area is 166 Å². The number of carboxylic acids is 1. The van der Waals surface area contributed by atoms with Gasteiger partial charge in [-0.3, -0.25) is 15.0 Å². The van der Waals surface area contributed by atoms with Crippen molar-refractivity contribution >= 4 is 29.7 Å². The number of rotatable bonds is 9. The molecule has 152 valence electrons. The second kappa shape index (κ2) is 10.1.